The Morgan fingerprint density at radius 3 is 2.55 bits per heavy atom. The number of ether oxygens (including phenoxy) is 2. The number of carbonyl (C=O) groups excluding carboxylic acids is 1. The van der Waals surface area contributed by atoms with E-state index in [2.05, 4.69) is 16.0 Å². The highest BCUT2D eigenvalue weighted by molar-refractivity contribution is 5.95. The highest BCUT2D eigenvalue weighted by Gasteiger charge is 2.24. The number of nitrogens with one attached hydrogen (secondary N) is 1. The molecular formula is C25H27N3O3. The number of carbonyl (C=O) groups is 1. The molecule has 0 spiro atoms. The molecule has 0 unspecified atom stereocenters. The van der Waals surface area contributed by atoms with E-state index in [1.54, 1.807) is 6.92 Å². The van der Waals surface area contributed by atoms with Crippen LogP contribution in [0.3, 0.4) is 0 Å². The average molecular weight is 418 g/mol. The minimum absolute atomic E-state index is 0.320. The molecule has 1 amide bonds. The van der Waals surface area contributed by atoms with Crippen LogP contribution < -0.4 is 10.1 Å². The largest absolute Gasteiger partial charge is 0.494 e. The van der Waals surface area contributed by atoms with E-state index in [-0.39, 0.29) is 0 Å². The molecule has 6 heteroatoms. The number of fused-ring (bicyclic) bond motifs is 1. The van der Waals surface area contributed by atoms with E-state index >= 15 is 0 Å². The number of hydrogen-bond donors (Lipinski definition) is 1. The molecule has 0 atom stereocenters. The molecule has 1 aliphatic carbocycles. The SMILES string of the molecule is CCOC(=O)Nc1ccc(-c2c(C#N)c3ccc(OCC)cc3n2CC2CCC2)cc1. The van der Waals surface area contributed by atoms with Gasteiger partial charge in [0.25, 0.3) is 0 Å². The first-order chi connectivity index (χ1) is 15.1. The first-order valence-corrected chi connectivity index (χ1v) is 10.9. The van der Waals surface area contributed by atoms with Crippen LogP contribution in [0.15, 0.2) is 42.5 Å². The maximum absolute atomic E-state index is 11.7. The Morgan fingerprint density at radius 2 is 1.94 bits per heavy atom. The number of rotatable bonds is 7. The molecule has 1 saturated carbocycles. The number of aromatic nitrogens is 1. The van der Waals surface area contributed by atoms with Crippen molar-refractivity contribution >= 4 is 22.7 Å². The summed E-state index contributed by atoms with van der Waals surface area (Å²) in [5, 5.41) is 13.7. The Bertz CT molecular complexity index is 1120. The molecule has 2 aromatic carbocycles. The number of nitrogens with zero attached hydrogens (tertiary/aromatic N) is 2. The summed E-state index contributed by atoms with van der Waals surface area (Å²) < 4.78 is 12.9. The summed E-state index contributed by atoms with van der Waals surface area (Å²) in [6.07, 6.45) is 3.22. The van der Waals surface area contributed by atoms with Gasteiger partial charge in [-0.1, -0.05) is 18.6 Å². The molecule has 0 bridgehead atoms. The van der Waals surface area contributed by atoms with Crippen molar-refractivity contribution in [1.29, 1.82) is 5.26 Å². The Hall–Kier alpha value is -3.46. The smallest absolute Gasteiger partial charge is 0.411 e. The Labute approximate surface area is 182 Å². The van der Waals surface area contributed by atoms with Crippen LogP contribution in [0.5, 0.6) is 5.75 Å². The fourth-order valence-electron chi connectivity index (χ4n) is 4.12. The second-order valence-corrected chi connectivity index (χ2v) is 7.78. The van der Waals surface area contributed by atoms with Crippen molar-refractivity contribution < 1.29 is 14.3 Å². The molecule has 0 radical (unpaired) electrons. The number of benzene rings is 2. The molecule has 0 saturated heterocycles. The van der Waals surface area contributed by atoms with Gasteiger partial charge in [-0.2, -0.15) is 5.26 Å². The first kappa shape index (κ1) is 20.8. The predicted octanol–water partition coefficient (Wildman–Crippen LogP) is 5.95. The molecule has 31 heavy (non-hydrogen) atoms. The van der Waals surface area contributed by atoms with Crippen LogP contribution in [-0.4, -0.2) is 23.9 Å². The van der Waals surface area contributed by atoms with E-state index in [0.29, 0.717) is 30.4 Å². The molecule has 1 aromatic heterocycles. The summed E-state index contributed by atoms with van der Waals surface area (Å²) >= 11 is 0. The van der Waals surface area contributed by atoms with Crippen LogP contribution in [0, 0.1) is 17.2 Å². The van der Waals surface area contributed by atoms with Crippen molar-refractivity contribution in [3.05, 3.63) is 48.0 Å². The van der Waals surface area contributed by atoms with Gasteiger partial charge in [0.15, 0.2) is 0 Å². The van der Waals surface area contributed by atoms with Gasteiger partial charge in [0.05, 0.1) is 30.0 Å². The number of hydrogen-bond acceptors (Lipinski definition) is 4. The third kappa shape index (κ3) is 4.22. The lowest BCUT2D eigenvalue weighted by molar-refractivity contribution is 0.168. The topological polar surface area (TPSA) is 76.3 Å². The van der Waals surface area contributed by atoms with E-state index in [1.165, 1.54) is 19.3 Å². The first-order valence-electron chi connectivity index (χ1n) is 10.9. The highest BCUT2D eigenvalue weighted by Crippen LogP contribution is 2.38. The van der Waals surface area contributed by atoms with Gasteiger partial charge in [0.1, 0.15) is 11.8 Å². The zero-order valence-electron chi connectivity index (χ0n) is 18.0. The van der Waals surface area contributed by atoms with Gasteiger partial charge in [-0.15, -0.1) is 0 Å². The summed E-state index contributed by atoms with van der Waals surface area (Å²) in [5.74, 6) is 1.44. The van der Waals surface area contributed by atoms with Gasteiger partial charge in [0, 0.05) is 23.7 Å². The average Bonchev–Trinajstić information content (AvgIpc) is 3.04. The zero-order chi connectivity index (χ0) is 21.8. The van der Waals surface area contributed by atoms with Crippen molar-refractivity contribution in [3.8, 4) is 23.1 Å². The molecule has 1 aliphatic rings. The van der Waals surface area contributed by atoms with Crippen molar-refractivity contribution in [2.45, 2.75) is 39.7 Å². The molecule has 1 N–H and O–H groups in total. The quantitative estimate of drug-likeness (QED) is 0.515. The molecular weight excluding hydrogens is 390 g/mol. The fourth-order valence-corrected chi connectivity index (χ4v) is 4.12. The van der Waals surface area contributed by atoms with E-state index < -0.39 is 6.09 Å². The van der Waals surface area contributed by atoms with Gasteiger partial charge in [-0.25, -0.2) is 4.79 Å². The Kier molecular flexibility index (Phi) is 6.13. The molecule has 160 valence electrons. The Morgan fingerprint density at radius 1 is 1.16 bits per heavy atom. The molecule has 0 aliphatic heterocycles. The van der Waals surface area contributed by atoms with Gasteiger partial charge in [-0.05, 0) is 62.4 Å². The summed E-state index contributed by atoms with van der Waals surface area (Å²) in [5.41, 5.74) is 4.21. The molecule has 1 fully saturated rings. The Balaban J connectivity index is 1.79. The van der Waals surface area contributed by atoms with Crippen molar-refractivity contribution in [2.24, 2.45) is 5.92 Å². The second kappa shape index (κ2) is 9.13. The number of nitriles is 1. The van der Waals surface area contributed by atoms with Crippen LogP contribution >= 0.6 is 0 Å². The molecule has 4 rings (SSSR count). The minimum atomic E-state index is -0.476. The van der Waals surface area contributed by atoms with Crippen molar-refractivity contribution in [1.82, 2.24) is 4.57 Å². The van der Waals surface area contributed by atoms with Crippen molar-refractivity contribution in [2.75, 3.05) is 18.5 Å². The normalized spacial score (nSPS) is 13.5. The van der Waals surface area contributed by atoms with Gasteiger partial charge in [0.2, 0.25) is 0 Å². The lowest BCUT2D eigenvalue weighted by atomic mass is 9.85. The van der Waals surface area contributed by atoms with Gasteiger partial charge >= 0.3 is 6.09 Å². The highest BCUT2D eigenvalue weighted by atomic mass is 16.5. The minimum Gasteiger partial charge on any atom is -0.494 e. The maximum Gasteiger partial charge on any atom is 0.411 e. The second-order valence-electron chi connectivity index (χ2n) is 7.78. The van der Waals surface area contributed by atoms with Crippen LogP contribution in [-0.2, 0) is 11.3 Å². The molecule has 1 heterocycles. The summed E-state index contributed by atoms with van der Waals surface area (Å²) in [6.45, 7) is 5.54. The monoisotopic (exact) mass is 417 g/mol. The molecule has 3 aromatic rings. The lowest BCUT2D eigenvalue weighted by Crippen LogP contribution is -2.18. The summed E-state index contributed by atoms with van der Waals surface area (Å²) in [6, 6.07) is 15.9. The van der Waals surface area contributed by atoms with Gasteiger partial charge < -0.3 is 14.0 Å². The number of amides is 1. The zero-order valence-corrected chi connectivity index (χ0v) is 18.0. The van der Waals surface area contributed by atoms with Crippen LogP contribution in [0.2, 0.25) is 0 Å². The molecule has 6 nitrogen and oxygen atoms in total. The summed E-state index contributed by atoms with van der Waals surface area (Å²) in [4.78, 5) is 11.7. The fraction of sp³-hybridized carbons (Fsp3) is 0.360. The lowest BCUT2D eigenvalue weighted by Gasteiger charge is -2.27. The van der Waals surface area contributed by atoms with Crippen LogP contribution in [0.25, 0.3) is 22.2 Å². The summed E-state index contributed by atoms with van der Waals surface area (Å²) in [7, 11) is 0. The predicted molar refractivity (Wildman–Crippen MR) is 121 cm³/mol. The van der Waals surface area contributed by atoms with E-state index in [9.17, 15) is 10.1 Å². The van der Waals surface area contributed by atoms with Crippen LogP contribution in [0.1, 0.15) is 38.7 Å². The van der Waals surface area contributed by atoms with Crippen LogP contribution in [0.4, 0.5) is 10.5 Å². The number of anilines is 1. The van der Waals surface area contributed by atoms with E-state index in [4.69, 9.17) is 9.47 Å². The third-order valence-electron chi connectivity index (χ3n) is 5.80. The third-order valence-corrected chi connectivity index (χ3v) is 5.80. The van der Waals surface area contributed by atoms with E-state index in [1.807, 2.05) is 49.4 Å². The maximum atomic E-state index is 11.7. The standard InChI is InChI=1S/C25H27N3O3/c1-3-30-20-12-13-21-22(15-26)24(28(23(21)14-20)16-17-6-5-7-17)18-8-10-19(11-9-18)27-25(29)31-4-2/h8-14,17H,3-7,16H2,1-2H3,(H,27,29). The van der Waals surface area contributed by atoms with E-state index in [0.717, 1.165) is 34.5 Å². The van der Waals surface area contributed by atoms with Gasteiger partial charge in [-0.3, -0.25) is 5.32 Å². The van der Waals surface area contributed by atoms with Crippen molar-refractivity contribution in [3.63, 3.8) is 0 Å².